The molecule has 0 saturated carbocycles. The summed E-state index contributed by atoms with van der Waals surface area (Å²) < 4.78 is 30.8. The Morgan fingerprint density at radius 2 is 1.85 bits per heavy atom. The maximum Gasteiger partial charge on any atom is 0.232 e. The number of ether oxygens (including phenoxy) is 1. The van der Waals surface area contributed by atoms with Gasteiger partial charge in [0.15, 0.2) is 0 Å². The van der Waals surface area contributed by atoms with Gasteiger partial charge in [-0.2, -0.15) is 0 Å². The van der Waals surface area contributed by atoms with Crippen molar-refractivity contribution >= 4 is 21.6 Å². The van der Waals surface area contributed by atoms with E-state index in [-0.39, 0.29) is 24.9 Å². The molecule has 0 bridgehead atoms. The van der Waals surface area contributed by atoms with Gasteiger partial charge in [0.2, 0.25) is 15.9 Å². The van der Waals surface area contributed by atoms with Crippen molar-refractivity contribution in [2.75, 3.05) is 24.2 Å². The molecule has 0 radical (unpaired) electrons. The van der Waals surface area contributed by atoms with Gasteiger partial charge < -0.3 is 10.1 Å². The third-order valence-corrected chi connectivity index (χ3v) is 5.38. The molecule has 7 heteroatoms. The van der Waals surface area contributed by atoms with Crippen molar-refractivity contribution < 1.29 is 17.9 Å². The topological polar surface area (TPSA) is 75.7 Å². The van der Waals surface area contributed by atoms with Crippen molar-refractivity contribution in [1.29, 1.82) is 0 Å². The van der Waals surface area contributed by atoms with Crippen LogP contribution < -0.4 is 14.4 Å². The monoisotopic (exact) mass is 390 g/mol. The van der Waals surface area contributed by atoms with Gasteiger partial charge in [-0.15, -0.1) is 0 Å². The van der Waals surface area contributed by atoms with Crippen LogP contribution in [0.1, 0.15) is 31.4 Å². The molecule has 0 saturated heterocycles. The molecule has 0 unspecified atom stereocenters. The van der Waals surface area contributed by atoms with Gasteiger partial charge in [-0.3, -0.25) is 9.10 Å². The first-order chi connectivity index (χ1) is 12.8. The molecule has 2 aromatic carbocycles. The molecule has 2 rings (SSSR count). The van der Waals surface area contributed by atoms with E-state index >= 15 is 0 Å². The molecule has 6 nitrogen and oxygen atoms in total. The lowest BCUT2D eigenvalue weighted by atomic mass is 10.1. The first-order valence-electron chi connectivity index (χ1n) is 8.77. The zero-order chi connectivity index (χ0) is 19.9. The van der Waals surface area contributed by atoms with Crippen LogP contribution >= 0.6 is 0 Å². The number of nitrogens with one attached hydrogen (secondary N) is 1. The Labute approximate surface area is 161 Å². The fourth-order valence-electron chi connectivity index (χ4n) is 2.77. The van der Waals surface area contributed by atoms with E-state index in [1.807, 2.05) is 37.3 Å². The molecule has 1 N–H and O–H groups in total. The third kappa shape index (κ3) is 6.29. The average molecular weight is 391 g/mol. The Balaban J connectivity index is 1.94. The van der Waals surface area contributed by atoms with Crippen molar-refractivity contribution in [3.63, 3.8) is 0 Å². The Kier molecular flexibility index (Phi) is 7.24. The number of rotatable bonds is 9. The van der Waals surface area contributed by atoms with E-state index in [0.717, 1.165) is 11.8 Å². The van der Waals surface area contributed by atoms with Gasteiger partial charge in [-0.1, -0.05) is 36.4 Å². The number of carbonyl (C=O) groups excluding carboxylic acids is 1. The molecule has 0 aromatic heterocycles. The molecule has 0 heterocycles. The van der Waals surface area contributed by atoms with Gasteiger partial charge in [0, 0.05) is 19.0 Å². The predicted molar refractivity (Wildman–Crippen MR) is 107 cm³/mol. The minimum Gasteiger partial charge on any atom is -0.497 e. The number of anilines is 1. The highest BCUT2D eigenvalue weighted by Crippen LogP contribution is 2.23. The Bertz CT molecular complexity index is 853. The van der Waals surface area contributed by atoms with E-state index in [2.05, 4.69) is 5.32 Å². The summed E-state index contributed by atoms with van der Waals surface area (Å²) in [6, 6.07) is 16.5. The van der Waals surface area contributed by atoms with Gasteiger partial charge in [-0.25, -0.2) is 8.42 Å². The lowest BCUT2D eigenvalue weighted by Crippen LogP contribution is -2.32. The van der Waals surface area contributed by atoms with Gasteiger partial charge in [0.25, 0.3) is 0 Å². The van der Waals surface area contributed by atoms with Crippen LogP contribution in [0, 0.1) is 0 Å². The largest absolute Gasteiger partial charge is 0.497 e. The minimum absolute atomic E-state index is 0.0944. The summed E-state index contributed by atoms with van der Waals surface area (Å²) in [6.07, 6.45) is 1.81. The molecule has 0 fully saturated rings. The second-order valence-corrected chi connectivity index (χ2v) is 8.25. The summed E-state index contributed by atoms with van der Waals surface area (Å²) in [7, 11) is -1.93. The molecule has 0 spiro atoms. The van der Waals surface area contributed by atoms with Gasteiger partial charge in [0.1, 0.15) is 5.75 Å². The van der Waals surface area contributed by atoms with Crippen LogP contribution in [0.15, 0.2) is 54.6 Å². The van der Waals surface area contributed by atoms with Crippen molar-refractivity contribution in [2.24, 2.45) is 0 Å². The first kappa shape index (κ1) is 20.8. The summed E-state index contributed by atoms with van der Waals surface area (Å²) in [4.78, 5) is 12.2. The molecule has 146 valence electrons. The number of nitrogens with zero attached hydrogens (tertiary/aromatic N) is 1. The van der Waals surface area contributed by atoms with Crippen molar-refractivity contribution in [3.8, 4) is 5.75 Å². The molecule has 1 amide bonds. The van der Waals surface area contributed by atoms with Gasteiger partial charge in [-0.05, 0) is 31.0 Å². The molecule has 0 aliphatic heterocycles. The van der Waals surface area contributed by atoms with Gasteiger partial charge in [0.05, 0.1) is 25.1 Å². The third-order valence-electron chi connectivity index (χ3n) is 4.18. The number of amides is 1. The highest BCUT2D eigenvalue weighted by atomic mass is 32.2. The van der Waals surface area contributed by atoms with E-state index in [1.54, 1.807) is 24.3 Å². The fraction of sp³-hybridized carbons (Fsp3) is 0.350. The molecule has 1 atom stereocenters. The average Bonchev–Trinajstić information content (AvgIpc) is 2.65. The molecule has 0 aliphatic rings. The lowest BCUT2D eigenvalue weighted by Gasteiger charge is -2.23. The molecule has 0 aliphatic carbocycles. The zero-order valence-corrected chi connectivity index (χ0v) is 16.7. The maximum absolute atomic E-state index is 12.2. The number of benzene rings is 2. The van der Waals surface area contributed by atoms with Crippen LogP contribution in [-0.4, -0.2) is 34.2 Å². The van der Waals surface area contributed by atoms with E-state index in [9.17, 15) is 13.2 Å². The normalized spacial score (nSPS) is 12.3. The smallest absolute Gasteiger partial charge is 0.232 e. The fourth-order valence-corrected chi connectivity index (χ4v) is 3.73. The lowest BCUT2D eigenvalue weighted by molar-refractivity contribution is -0.121. The summed E-state index contributed by atoms with van der Waals surface area (Å²) in [5.74, 6) is 0.473. The summed E-state index contributed by atoms with van der Waals surface area (Å²) in [6.45, 7) is 2.14. The molecular weight excluding hydrogens is 364 g/mol. The second-order valence-electron chi connectivity index (χ2n) is 6.34. The summed E-state index contributed by atoms with van der Waals surface area (Å²) >= 11 is 0. The van der Waals surface area contributed by atoms with Crippen LogP contribution in [0.5, 0.6) is 5.75 Å². The summed E-state index contributed by atoms with van der Waals surface area (Å²) in [5, 5.41) is 2.94. The maximum atomic E-state index is 12.2. The quantitative estimate of drug-likeness (QED) is 0.714. The number of sulfonamides is 1. The standard InChI is InChI=1S/C20H26N2O4S/c1-16(17-9-5-4-6-10-17)21-20(23)13-8-14-22(27(3,24)25)18-11-7-12-19(15-18)26-2/h4-7,9-12,15-16H,8,13-14H2,1-3H3,(H,21,23)/t16-/m0/s1. The van der Waals surface area contributed by atoms with E-state index in [4.69, 9.17) is 4.74 Å². The zero-order valence-electron chi connectivity index (χ0n) is 15.9. The van der Waals surface area contributed by atoms with E-state index in [0.29, 0.717) is 17.9 Å². The van der Waals surface area contributed by atoms with Crippen molar-refractivity contribution in [1.82, 2.24) is 5.32 Å². The van der Waals surface area contributed by atoms with Crippen molar-refractivity contribution in [2.45, 2.75) is 25.8 Å². The summed E-state index contributed by atoms with van der Waals surface area (Å²) in [5.41, 5.74) is 1.55. The SMILES string of the molecule is COc1cccc(N(CCCC(=O)N[C@@H](C)c2ccccc2)S(C)(=O)=O)c1. The van der Waals surface area contributed by atoms with Crippen molar-refractivity contribution in [3.05, 3.63) is 60.2 Å². The highest BCUT2D eigenvalue weighted by Gasteiger charge is 2.18. The number of hydrogen-bond donors (Lipinski definition) is 1. The first-order valence-corrected chi connectivity index (χ1v) is 10.6. The van der Waals surface area contributed by atoms with Crippen LogP contribution in [0.2, 0.25) is 0 Å². The Morgan fingerprint density at radius 1 is 1.15 bits per heavy atom. The number of carbonyl (C=O) groups is 1. The number of hydrogen-bond acceptors (Lipinski definition) is 4. The predicted octanol–water partition coefficient (Wildman–Crippen LogP) is 3.12. The second kappa shape index (κ2) is 9.41. The minimum atomic E-state index is -3.46. The van der Waals surface area contributed by atoms with E-state index in [1.165, 1.54) is 11.4 Å². The molecular formula is C20H26N2O4S. The highest BCUT2D eigenvalue weighted by molar-refractivity contribution is 7.92. The number of methoxy groups -OCH3 is 1. The molecule has 2 aromatic rings. The van der Waals surface area contributed by atoms with Crippen LogP contribution in [-0.2, 0) is 14.8 Å². The van der Waals surface area contributed by atoms with Gasteiger partial charge >= 0.3 is 0 Å². The Morgan fingerprint density at radius 3 is 2.48 bits per heavy atom. The molecule has 27 heavy (non-hydrogen) atoms. The van der Waals surface area contributed by atoms with Crippen LogP contribution in [0.4, 0.5) is 5.69 Å². The van der Waals surface area contributed by atoms with Crippen LogP contribution in [0.25, 0.3) is 0 Å². The van der Waals surface area contributed by atoms with Crippen LogP contribution in [0.3, 0.4) is 0 Å². The Hall–Kier alpha value is -2.54. The van der Waals surface area contributed by atoms with E-state index < -0.39 is 10.0 Å².